The summed E-state index contributed by atoms with van der Waals surface area (Å²) in [5.41, 5.74) is 7.30. The number of carbonyl (C=O) groups excluding carboxylic acids is 1. The summed E-state index contributed by atoms with van der Waals surface area (Å²) in [6.45, 7) is 4.42. The Morgan fingerprint density at radius 3 is 2.58 bits per heavy atom. The molecule has 1 aliphatic heterocycles. The normalized spacial score (nSPS) is 21.8. The third kappa shape index (κ3) is 4.57. The summed E-state index contributed by atoms with van der Waals surface area (Å²) in [5, 5.41) is 0. The first-order valence-electron chi connectivity index (χ1n) is 8.99. The van der Waals surface area contributed by atoms with E-state index >= 15 is 0 Å². The topological polar surface area (TPSA) is 92.5 Å². The number of piperidine rings is 1. The first kappa shape index (κ1) is 21.2. The van der Waals surface area contributed by atoms with Crippen molar-refractivity contribution >= 4 is 28.3 Å². The molecule has 146 valence electrons. The maximum atomic E-state index is 13.1. The van der Waals surface area contributed by atoms with Crippen molar-refractivity contribution in [2.45, 2.75) is 69.0 Å². The molecule has 0 radical (unpaired) electrons. The molecule has 0 aromatic heterocycles. The Morgan fingerprint density at radius 1 is 1.27 bits per heavy atom. The van der Waals surface area contributed by atoms with Crippen LogP contribution in [-0.2, 0) is 10.0 Å². The summed E-state index contributed by atoms with van der Waals surface area (Å²) in [6, 6.07) is 4.72. The standard InChI is InChI=1S/C18H27N3O3S.ClH/c1-12-6-9-15(25(23,24)20-14-7-8-14)11-16(12)18(22)21-10-4-3-5-17(21)13(2)19;/h6,9,11,13-14,17,20H,3-5,7-8,10,19H2,1-2H3;1H. The van der Waals surface area contributed by atoms with E-state index in [4.69, 9.17) is 5.73 Å². The van der Waals surface area contributed by atoms with Crippen molar-refractivity contribution in [1.82, 2.24) is 9.62 Å². The number of rotatable bonds is 5. The number of sulfonamides is 1. The second kappa shape index (κ2) is 8.25. The van der Waals surface area contributed by atoms with Gasteiger partial charge in [-0.3, -0.25) is 4.79 Å². The van der Waals surface area contributed by atoms with Crippen LogP contribution in [0.2, 0.25) is 0 Å². The lowest BCUT2D eigenvalue weighted by Gasteiger charge is -2.38. The number of nitrogens with zero attached hydrogens (tertiary/aromatic N) is 1. The van der Waals surface area contributed by atoms with E-state index in [1.807, 2.05) is 18.7 Å². The molecule has 1 amide bonds. The van der Waals surface area contributed by atoms with Gasteiger partial charge in [-0.25, -0.2) is 13.1 Å². The summed E-state index contributed by atoms with van der Waals surface area (Å²) in [4.78, 5) is 15.1. The van der Waals surface area contributed by atoms with Gasteiger partial charge >= 0.3 is 0 Å². The average Bonchev–Trinajstić information content (AvgIpc) is 3.37. The zero-order chi connectivity index (χ0) is 18.2. The molecule has 1 aromatic carbocycles. The Bertz CT molecular complexity index is 763. The summed E-state index contributed by atoms with van der Waals surface area (Å²) in [6.07, 6.45) is 4.66. The molecular formula is C18H28ClN3O3S. The molecule has 1 heterocycles. The fourth-order valence-corrected chi connectivity index (χ4v) is 4.73. The lowest BCUT2D eigenvalue weighted by atomic mass is 9.95. The molecule has 6 nitrogen and oxygen atoms in total. The summed E-state index contributed by atoms with van der Waals surface area (Å²) < 4.78 is 27.6. The highest BCUT2D eigenvalue weighted by atomic mass is 35.5. The fourth-order valence-electron chi connectivity index (χ4n) is 3.40. The van der Waals surface area contributed by atoms with Gasteiger partial charge in [-0.1, -0.05) is 6.07 Å². The molecule has 8 heteroatoms. The largest absolute Gasteiger partial charge is 0.334 e. The third-order valence-corrected chi connectivity index (χ3v) is 6.58. The number of aryl methyl sites for hydroxylation is 1. The molecule has 2 atom stereocenters. The molecule has 1 saturated carbocycles. The van der Waals surface area contributed by atoms with Gasteiger partial charge in [0.15, 0.2) is 0 Å². The second-order valence-corrected chi connectivity index (χ2v) is 9.01. The fraction of sp³-hybridized carbons (Fsp3) is 0.611. The van der Waals surface area contributed by atoms with E-state index in [0.717, 1.165) is 37.7 Å². The lowest BCUT2D eigenvalue weighted by Crippen LogP contribution is -2.51. The van der Waals surface area contributed by atoms with E-state index in [1.54, 1.807) is 12.1 Å². The number of amides is 1. The highest BCUT2D eigenvalue weighted by molar-refractivity contribution is 7.89. The van der Waals surface area contributed by atoms with Crippen LogP contribution >= 0.6 is 12.4 Å². The van der Waals surface area contributed by atoms with Crippen molar-refractivity contribution in [3.63, 3.8) is 0 Å². The highest BCUT2D eigenvalue weighted by Gasteiger charge is 2.32. The summed E-state index contributed by atoms with van der Waals surface area (Å²) in [5.74, 6) is -0.122. The van der Waals surface area contributed by atoms with Gasteiger partial charge in [-0.15, -0.1) is 12.4 Å². The minimum Gasteiger partial charge on any atom is -0.334 e. The smallest absolute Gasteiger partial charge is 0.254 e. The SMILES string of the molecule is Cc1ccc(S(=O)(=O)NC2CC2)cc1C(=O)N1CCCCC1C(C)N.Cl. The number of likely N-dealkylation sites (tertiary alicyclic amines) is 1. The maximum absolute atomic E-state index is 13.1. The summed E-state index contributed by atoms with van der Waals surface area (Å²) in [7, 11) is -3.58. The van der Waals surface area contributed by atoms with Crippen LogP contribution in [0.1, 0.15) is 54.9 Å². The van der Waals surface area contributed by atoms with E-state index in [9.17, 15) is 13.2 Å². The van der Waals surface area contributed by atoms with Crippen molar-refractivity contribution in [2.75, 3.05) is 6.54 Å². The number of hydrogen-bond acceptors (Lipinski definition) is 4. The minimum atomic E-state index is -3.58. The third-order valence-electron chi connectivity index (χ3n) is 5.07. The van der Waals surface area contributed by atoms with Crippen LogP contribution in [0.25, 0.3) is 0 Å². The number of carbonyl (C=O) groups is 1. The van der Waals surface area contributed by atoms with E-state index in [-0.39, 0.29) is 41.3 Å². The molecule has 3 N–H and O–H groups in total. The second-order valence-electron chi connectivity index (χ2n) is 7.29. The van der Waals surface area contributed by atoms with Gasteiger partial charge in [0.25, 0.3) is 5.91 Å². The van der Waals surface area contributed by atoms with Crippen LogP contribution in [0.15, 0.2) is 23.1 Å². The molecule has 2 unspecified atom stereocenters. The molecule has 3 rings (SSSR count). The van der Waals surface area contributed by atoms with Crippen LogP contribution in [0.3, 0.4) is 0 Å². The zero-order valence-corrected chi connectivity index (χ0v) is 16.9. The number of hydrogen-bond donors (Lipinski definition) is 2. The molecular weight excluding hydrogens is 374 g/mol. The quantitative estimate of drug-likeness (QED) is 0.790. The van der Waals surface area contributed by atoms with E-state index in [0.29, 0.717) is 12.1 Å². The molecule has 1 aromatic rings. The van der Waals surface area contributed by atoms with Gasteiger partial charge in [0.05, 0.1) is 4.90 Å². The zero-order valence-electron chi connectivity index (χ0n) is 15.3. The van der Waals surface area contributed by atoms with Gasteiger partial charge in [0.1, 0.15) is 0 Å². The van der Waals surface area contributed by atoms with E-state index < -0.39 is 10.0 Å². The first-order valence-corrected chi connectivity index (χ1v) is 10.5. The predicted molar refractivity (Wildman–Crippen MR) is 104 cm³/mol. The van der Waals surface area contributed by atoms with Gasteiger partial charge in [-0.2, -0.15) is 0 Å². The number of nitrogens with two attached hydrogens (primary N) is 1. The van der Waals surface area contributed by atoms with Gasteiger partial charge in [0.2, 0.25) is 10.0 Å². The van der Waals surface area contributed by atoms with Crippen molar-refractivity contribution in [1.29, 1.82) is 0 Å². The number of halogens is 1. The number of benzene rings is 1. The van der Waals surface area contributed by atoms with Crippen molar-refractivity contribution < 1.29 is 13.2 Å². The average molecular weight is 402 g/mol. The number of nitrogens with one attached hydrogen (secondary N) is 1. The monoisotopic (exact) mass is 401 g/mol. The predicted octanol–water partition coefficient (Wildman–Crippen LogP) is 2.20. The van der Waals surface area contributed by atoms with Gasteiger partial charge in [0, 0.05) is 30.2 Å². The molecule has 1 aliphatic carbocycles. The Morgan fingerprint density at radius 2 is 1.96 bits per heavy atom. The Hall–Kier alpha value is -1.15. The van der Waals surface area contributed by atoms with Crippen molar-refractivity contribution in [3.8, 4) is 0 Å². The molecule has 1 saturated heterocycles. The Balaban J connectivity index is 0.00000243. The molecule has 26 heavy (non-hydrogen) atoms. The summed E-state index contributed by atoms with van der Waals surface area (Å²) >= 11 is 0. The van der Waals surface area contributed by atoms with Gasteiger partial charge < -0.3 is 10.6 Å². The van der Waals surface area contributed by atoms with Crippen LogP contribution in [-0.4, -0.2) is 43.9 Å². The van der Waals surface area contributed by atoms with Crippen molar-refractivity contribution in [3.05, 3.63) is 29.3 Å². The minimum absolute atomic E-state index is 0. The molecule has 0 spiro atoms. The maximum Gasteiger partial charge on any atom is 0.254 e. The van der Waals surface area contributed by atoms with Crippen LogP contribution in [0.4, 0.5) is 0 Å². The van der Waals surface area contributed by atoms with Crippen LogP contribution in [0.5, 0.6) is 0 Å². The van der Waals surface area contributed by atoms with Crippen molar-refractivity contribution in [2.24, 2.45) is 5.73 Å². The molecule has 2 fully saturated rings. The van der Waals surface area contributed by atoms with Crippen LogP contribution < -0.4 is 10.5 Å². The molecule has 0 bridgehead atoms. The van der Waals surface area contributed by atoms with Gasteiger partial charge in [-0.05, 0) is 63.6 Å². The lowest BCUT2D eigenvalue weighted by molar-refractivity contribution is 0.0583. The Labute approximate surface area is 162 Å². The Kier molecular flexibility index (Phi) is 6.71. The highest BCUT2D eigenvalue weighted by Crippen LogP contribution is 2.26. The van der Waals surface area contributed by atoms with E-state index in [2.05, 4.69) is 4.72 Å². The van der Waals surface area contributed by atoms with Crippen LogP contribution in [0, 0.1) is 6.92 Å². The molecule has 2 aliphatic rings. The first-order chi connectivity index (χ1) is 11.8. The van der Waals surface area contributed by atoms with E-state index in [1.165, 1.54) is 6.07 Å².